The van der Waals surface area contributed by atoms with E-state index in [9.17, 15) is 4.79 Å². The van der Waals surface area contributed by atoms with Gasteiger partial charge in [-0.15, -0.1) is 0 Å². The number of carbonyl (C=O) groups is 1. The normalized spacial score (nSPS) is 10.9. The van der Waals surface area contributed by atoms with Crippen LogP contribution in [-0.4, -0.2) is 13.0 Å². The maximum atomic E-state index is 12.0. The molecule has 0 aliphatic rings. The Morgan fingerprint density at radius 3 is 2.53 bits per heavy atom. The fourth-order valence-corrected chi connectivity index (χ4v) is 1.52. The monoisotopic (exact) mass is 263 g/mol. The molecule has 0 unspecified atom stereocenters. The van der Waals surface area contributed by atoms with Gasteiger partial charge in [0.2, 0.25) is 0 Å². The summed E-state index contributed by atoms with van der Waals surface area (Å²) in [6.07, 6.45) is 3.15. The van der Waals surface area contributed by atoms with Gasteiger partial charge in [0.05, 0.1) is 5.70 Å². The molecule has 106 valence electrons. The third-order valence-corrected chi connectivity index (χ3v) is 2.48. The summed E-state index contributed by atoms with van der Waals surface area (Å²) < 4.78 is 0. The number of nitrogens with one attached hydrogen (secondary N) is 2. The molecule has 4 heteroatoms. The van der Waals surface area contributed by atoms with Gasteiger partial charge in [-0.25, -0.2) is 0 Å². The zero-order valence-corrected chi connectivity index (χ0v) is 11.1. The predicted molar refractivity (Wildman–Crippen MR) is 84.6 cm³/mol. The molecular formula is C15H25N3O. The minimum absolute atomic E-state index is 0. The van der Waals surface area contributed by atoms with Crippen LogP contribution in [0.3, 0.4) is 0 Å². The van der Waals surface area contributed by atoms with Crippen molar-refractivity contribution in [1.82, 2.24) is 10.6 Å². The number of hydrogen-bond acceptors (Lipinski definition) is 3. The maximum absolute atomic E-state index is 12.0. The lowest BCUT2D eigenvalue weighted by Gasteiger charge is -2.09. The number of rotatable bonds is 6. The van der Waals surface area contributed by atoms with Crippen LogP contribution < -0.4 is 16.4 Å². The molecule has 4 N–H and O–H groups in total. The highest BCUT2D eigenvalue weighted by molar-refractivity contribution is 5.95. The van der Waals surface area contributed by atoms with Crippen LogP contribution in [-0.2, 0) is 6.54 Å². The lowest BCUT2D eigenvalue weighted by atomic mass is 10.1. The Morgan fingerprint density at radius 2 is 2.05 bits per heavy atom. The Kier molecular flexibility index (Phi) is 5.57. The second kappa shape index (κ2) is 7.18. The van der Waals surface area contributed by atoms with Gasteiger partial charge in [-0.1, -0.05) is 31.4 Å². The van der Waals surface area contributed by atoms with Crippen molar-refractivity contribution in [3.05, 3.63) is 72.1 Å². The number of hydrogen-bond donors (Lipinski definition) is 3. The lowest BCUT2D eigenvalue weighted by Crippen LogP contribution is -2.25. The Labute approximate surface area is 118 Å². The highest BCUT2D eigenvalue weighted by atomic mass is 16.1. The van der Waals surface area contributed by atoms with Gasteiger partial charge in [-0.2, -0.15) is 0 Å². The Balaban J connectivity index is -0.00000120. The van der Waals surface area contributed by atoms with E-state index in [0.717, 1.165) is 12.1 Å². The first-order valence-corrected chi connectivity index (χ1v) is 5.91. The van der Waals surface area contributed by atoms with Gasteiger partial charge < -0.3 is 16.4 Å². The van der Waals surface area contributed by atoms with Gasteiger partial charge in [0, 0.05) is 22.1 Å². The largest absolute Gasteiger partial charge is 0.398 e. The number of allylic oxidation sites excluding steroid dienone is 2. The second-order valence-electron chi connectivity index (χ2n) is 4.02. The Hall–Kier alpha value is -2.33. The molecule has 0 heterocycles. The first kappa shape index (κ1) is 14.7. The summed E-state index contributed by atoms with van der Waals surface area (Å²) >= 11 is 0. The van der Waals surface area contributed by atoms with Crippen molar-refractivity contribution >= 4 is 5.91 Å². The number of nitrogens with two attached hydrogens (primary N) is 1. The van der Waals surface area contributed by atoms with E-state index in [2.05, 4.69) is 23.8 Å². The molecule has 19 heavy (non-hydrogen) atoms. The molecule has 4 nitrogen and oxygen atoms in total. The van der Waals surface area contributed by atoms with Crippen LogP contribution in [0.4, 0.5) is 0 Å². The number of benzene rings is 1. The summed E-state index contributed by atoms with van der Waals surface area (Å²) in [7, 11) is 1.87. The third-order valence-electron chi connectivity index (χ3n) is 2.48. The first-order valence-electron chi connectivity index (χ1n) is 5.91. The highest BCUT2D eigenvalue weighted by Crippen LogP contribution is 2.06. The summed E-state index contributed by atoms with van der Waals surface area (Å²) in [4.78, 5) is 12.0. The molecule has 1 amide bonds. The second-order valence-corrected chi connectivity index (χ2v) is 4.02. The minimum atomic E-state index is -0.226. The Morgan fingerprint density at radius 1 is 1.42 bits per heavy atom. The van der Waals surface area contributed by atoms with Crippen LogP contribution in [0.2, 0.25) is 0 Å². The molecule has 0 aromatic heterocycles. The van der Waals surface area contributed by atoms with E-state index in [-0.39, 0.29) is 10.2 Å². The van der Waals surface area contributed by atoms with Crippen molar-refractivity contribution in [1.29, 1.82) is 0 Å². The van der Waals surface area contributed by atoms with Gasteiger partial charge in [-0.3, -0.25) is 4.79 Å². The topological polar surface area (TPSA) is 67.2 Å². The third kappa shape index (κ3) is 4.44. The van der Waals surface area contributed by atoms with Crippen molar-refractivity contribution in [3.63, 3.8) is 0 Å². The maximum Gasteiger partial charge on any atom is 0.255 e. The minimum Gasteiger partial charge on any atom is -0.398 e. The van der Waals surface area contributed by atoms with Crippen molar-refractivity contribution in [2.45, 2.75) is 6.54 Å². The molecule has 0 aliphatic carbocycles. The first-order chi connectivity index (χ1) is 9.08. The van der Waals surface area contributed by atoms with Crippen molar-refractivity contribution in [2.24, 2.45) is 5.73 Å². The van der Waals surface area contributed by atoms with E-state index < -0.39 is 0 Å². The van der Waals surface area contributed by atoms with Crippen LogP contribution in [0.5, 0.6) is 0 Å². The van der Waals surface area contributed by atoms with Gasteiger partial charge >= 0.3 is 0 Å². The number of amides is 1. The van der Waals surface area contributed by atoms with Crippen molar-refractivity contribution in [3.8, 4) is 0 Å². The molecule has 0 radical (unpaired) electrons. The summed E-state index contributed by atoms with van der Waals surface area (Å²) in [6, 6.07) is 7.35. The van der Waals surface area contributed by atoms with E-state index in [1.54, 1.807) is 24.3 Å². The highest BCUT2D eigenvalue weighted by Gasteiger charge is 2.08. The summed E-state index contributed by atoms with van der Waals surface area (Å²) in [6.45, 7) is 7.93. The molecule has 0 fully saturated rings. The average Bonchev–Trinajstić information content (AvgIpc) is 2.39. The summed E-state index contributed by atoms with van der Waals surface area (Å²) in [5.74, 6) is -0.226. The molecule has 0 aliphatic heterocycles. The summed E-state index contributed by atoms with van der Waals surface area (Å²) in [5, 5.41) is 5.74. The quantitative estimate of drug-likeness (QED) is 0.690. The summed E-state index contributed by atoms with van der Waals surface area (Å²) in [5.41, 5.74) is 8.01. The molecule has 1 aromatic carbocycles. The van der Waals surface area contributed by atoms with E-state index in [1.165, 1.54) is 0 Å². The fraction of sp³-hybridized carbons (Fsp3) is 0.133. The smallest absolute Gasteiger partial charge is 0.255 e. The standard InChI is InChI=1S/C15H19N3O.3H2/c1-4-5-14(11(2)16)18-15(19)13-8-6-12(7-9-13)10-17-3;;;/h4-9,17H,1-2,10,16H2,3H3,(H,18,19);3*1H/b14-5+;;;. The van der Waals surface area contributed by atoms with Gasteiger partial charge in [0.15, 0.2) is 0 Å². The van der Waals surface area contributed by atoms with Crippen molar-refractivity contribution < 1.29 is 9.07 Å². The molecular weight excluding hydrogens is 238 g/mol. The van der Waals surface area contributed by atoms with Crippen LogP contribution >= 0.6 is 0 Å². The molecule has 1 rings (SSSR count). The zero-order chi connectivity index (χ0) is 14.3. The molecule has 0 saturated carbocycles. The molecule has 0 saturated heterocycles. The molecule has 0 spiro atoms. The SMILES string of the molecule is C=C/C=C(/NC(=O)c1ccc(CNC)cc1)C(=C)N.[HH].[HH].[HH]. The van der Waals surface area contributed by atoms with Gasteiger partial charge in [0.1, 0.15) is 0 Å². The lowest BCUT2D eigenvalue weighted by molar-refractivity contribution is 0.0966. The van der Waals surface area contributed by atoms with Crippen LogP contribution in [0.25, 0.3) is 0 Å². The number of carbonyl (C=O) groups excluding carboxylic acids is 1. The Bertz CT molecular complexity index is 513. The molecule has 0 bridgehead atoms. The predicted octanol–water partition coefficient (Wildman–Crippen LogP) is 2.42. The van der Waals surface area contributed by atoms with Gasteiger partial charge in [0.25, 0.3) is 5.91 Å². The fourth-order valence-electron chi connectivity index (χ4n) is 1.52. The van der Waals surface area contributed by atoms with E-state index in [4.69, 9.17) is 5.73 Å². The van der Waals surface area contributed by atoms with Crippen LogP contribution in [0, 0.1) is 0 Å². The average molecular weight is 263 g/mol. The van der Waals surface area contributed by atoms with Crippen LogP contribution in [0.1, 0.15) is 20.2 Å². The zero-order valence-electron chi connectivity index (χ0n) is 11.1. The van der Waals surface area contributed by atoms with Crippen molar-refractivity contribution in [2.75, 3.05) is 7.05 Å². The molecule has 1 aromatic rings. The van der Waals surface area contributed by atoms with Crippen LogP contribution in [0.15, 0.2) is 61.0 Å². The van der Waals surface area contributed by atoms with E-state index >= 15 is 0 Å². The van der Waals surface area contributed by atoms with Gasteiger partial charge in [-0.05, 0) is 30.8 Å². The molecule has 0 atom stereocenters. The van der Waals surface area contributed by atoms with E-state index in [0.29, 0.717) is 17.0 Å². The van der Waals surface area contributed by atoms with E-state index in [1.807, 2.05) is 19.2 Å².